The van der Waals surface area contributed by atoms with Gasteiger partial charge in [-0.05, 0) is 35.7 Å². The van der Waals surface area contributed by atoms with Crippen molar-refractivity contribution in [3.8, 4) is 0 Å². The number of aliphatic hydroxyl groups excluding tert-OH is 1. The smallest absolute Gasteiger partial charge is 0.220 e. The number of halogens is 4. The Morgan fingerprint density at radius 2 is 1.92 bits per heavy atom. The second kappa shape index (κ2) is 8.17. The number of benzene rings is 2. The average molecular weight is 358 g/mol. The molecular formula is C17H15ClF3NO2. The van der Waals surface area contributed by atoms with Crippen molar-refractivity contribution in [1.29, 1.82) is 0 Å². The van der Waals surface area contributed by atoms with Crippen LogP contribution in [0.2, 0.25) is 5.02 Å². The van der Waals surface area contributed by atoms with Crippen molar-refractivity contribution < 1.29 is 23.1 Å². The summed E-state index contributed by atoms with van der Waals surface area (Å²) in [6.45, 7) is -0.443. The number of hydrogen-bond donors (Lipinski definition) is 2. The molecule has 0 aliphatic heterocycles. The molecule has 2 N–H and O–H groups in total. The number of nitrogens with one attached hydrogen (secondary N) is 1. The molecule has 2 rings (SSSR count). The number of aliphatic hydroxyl groups is 1. The van der Waals surface area contributed by atoms with Gasteiger partial charge in [0.25, 0.3) is 0 Å². The lowest BCUT2D eigenvalue weighted by Crippen LogP contribution is -2.31. The average Bonchev–Trinajstić information content (AvgIpc) is 2.56. The molecule has 0 saturated carbocycles. The van der Waals surface area contributed by atoms with E-state index in [-0.39, 0.29) is 23.4 Å². The molecule has 0 saturated heterocycles. The molecule has 0 bridgehead atoms. The molecule has 3 nitrogen and oxygen atoms in total. The maximum Gasteiger partial charge on any atom is 0.220 e. The summed E-state index contributed by atoms with van der Waals surface area (Å²) in [6.07, 6.45) is -0.102. The Balaban J connectivity index is 1.99. The summed E-state index contributed by atoms with van der Waals surface area (Å²) < 4.78 is 40.1. The van der Waals surface area contributed by atoms with E-state index in [2.05, 4.69) is 5.32 Å². The minimum atomic E-state index is -0.983. The Bertz CT molecular complexity index is 740. The Morgan fingerprint density at radius 3 is 2.58 bits per heavy atom. The standard InChI is InChI=1S/C17H15ClF3NO2/c18-12-6-4-11(8-14(12)20)15(9-23)22-16(24)7-5-10-2-1-3-13(19)17(10)21/h1-4,6,8,15,23H,5,7,9H2,(H,22,24)/t15-/m1/s1. The molecule has 0 radical (unpaired) electrons. The van der Waals surface area contributed by atoms with Gasteiger partial charge in [-0.1, -0.05) is 29.8 Å². The van der Waals surface area contributed by atoms with Gasteiger partial charge in [0, 0.05) is 6.42 Å². The number of carbonyl (C=O) groups excluding carboxylic acids is 1. The van der Waals surface area contributed by atoms with Crippen LogP contribution >= 0.6 is 11.6 Å². The molecule has 128 valence electrons. The van der Waals surface area contributed by atoms with Crippen molar-refractivity contribution in [2.24, 2.45) is 0 Å². The Kier molecular flexibility index (Phi) is 6.23. The molecule has 24 heavy (non-hydrogen) atoms. The molecule has 0 aliphatic rings. The third-order valence-corrected chi connectivity index (χ3v) is 3.82. The van der Waals surface area contributed by atoms with E-state index in [9.17, 15) is 23.1 Å². The highest BCUT2D eigenvalue weighted by atomic mass is 35.5. The zero-order valence-corrected chi connectivity index (χ0v) is 13.3. The van der Waals surface area contributed by atoms with Crippen molar-refractivity contribution >= 4 is 17.5 Å². The molecule has 7 heteroatoms. The van der Waals surface area contributed by atoms with Gasteiger partial charge in [0.15, 0.2) is 11.6 Å². The van der Waals surface area contributed by atoms with Gasteiger partial charge in [-0.2, -0.15) is 0 Å². The summed E-state index contributed by atoms with van der Waals surface area (Å²) in [4.78, 5) is 11.9. The highest BCUT2D eigenvalue weighted by molar-refractivity contribution is 6.30. The maximum absolute atomic E-state index is 13.5. The number of aryl methyl sites for hydroxylation is 1. The first-order chi connectivity index (χ1) is 11.4. The van der Waals surface area contributed by atoms with E-state index in [1.54, 1.807) is 0 Å². The van der Waals surface area contributed by atoms with Crippen LogP contribution in [0, 0.1) is 17.5 Å². The highest BCUT2D eigenvalue weighted by Gasteiger charge is 2.16. The molecule has 0 heterocycles. The third kappa shape index (κ3) is 4.49. The first kappa shape index (κ1) is 18.3. The third-order valence-electron chi connectivity index (χ3n) is 3.52. The van der Waals surface area contributed by atoms with Gasteiger partial charge < -0.3 is 10.4 Å². The summed E-state index contributed by atoms with van der Waals surface area (Å²) in [7, 11) is 0. The number of amides is 1. The molecule has 1 atom stereocenters. The predicted molar refractivity (Wildman–Crippen MR) is 84.1 cm³/mol. The summed E-state index contributed by atoms with van der Waals surface area (Å²) in [5.41, 5.74) is 0.438. The number of carbonyl (C=O) groups is 1. The molecule has 2 aromatic carbocycles. The first-order valence-electron chi connectivity index (χ1n) is 7.20. The molecule has 0 aliphatic carbocycles. The Labute approximate surface area is 142 Å². The van der Waals surface area contributed by atoms with E-state index >= 15 is 0 Å². The van der Waals surface area contributed by atoms with Gasteiger partial charge in [-0.3, -0.25) is 4.79 Å². The molecule has 0 spiro atoms. The fourth-order valence-electron chi connectivity index (χ4n) is 2.22. The first-order valence-corrected chi connectivity index (χ1v) is 7.58. The van der Waals surface area contributed by atoms with Crippen LogP contribution in [-0.2, 0) is 11.2 Å². The van der Waals surface area contributed by atoms with Crippen LogP contribution in [0.15, 0.2) is 36.4 Å². The van der Waals surface area contributed by atoms with Crippen molar-refractivity contribution in [2.75, 3.05) is 6.61 Å². The second-order valence-corrected chi connectivity index (χ2v) is 5.60. The predicted octanol–water partition coefficient (Wildman–Crippen LogP) is 3.54. The molecule has 2 aromatic rings. The van der Waals surface area contributed by atoms with Crippen molar-refractivity contribution in [1.82, 2.24) is 5.32 Å². The molecule has 1 amide bonds. The molecular weight excluding hydrogens is 343 g/mol. The lowest BCUT2D eigenvalue weighted by molar-refractivity contribution is -0.122. The summed E-state index contributed by atoms with van der Waals surface area (Å²) in [5.74, 6) is -3.10. The highest BCUT2D eigenvalue weighted by Crippen LogP contribution is 2.20. The zero-order chi connectivity index (χ0) is 17.7. The normalized spacial score (nSPS) is 12.0. The largest absolute Gasteiger partial charge is 0.394 e. The van der Waals surface area contributed by atoms with Gasteiger partial charge in [0.1, 0.15) is 5.82 Å². The summed E-state index contributed by atoms with van der Waals surface area (Å²) >= 11 is 5.59. The minimum Gasteiger partial charge on any atom is -0.394 e. The monoisotopic (exact) mass is 357 g/mol. The van der Waals surface area contributed by atoms with E-state index in [0.29, 0.717) is 5.56 Å². The Morgan fingerprint density at radius 1 is 1.17 bits per heavy atom. The van der Waals surface area contributed by atoms with E-state index < -0.39 is 36.0 Å². The van der Waals surface area contributed by atoms with Crippen LogP contribution in [-0.4, -0.2) is 17.6 Å². The zero-order valence-electron chi connectivity index (χ0n) is 12.5. The number of rotatable bonds is 6. The molecule has 0 aromatic heterocycles. The van der Waals surface area contributed by atoms with Gasteiger partial charge in [0.05, 0.1) is 17.7 Å². The SMILES string of the molecule is O=C(CCc1cccc(F)c1F)N[C@H](CO)c1ccc(Cl)c(F)c1. The Hall–Kier alpha value is -2.05. The van der Waals surface area contributed by atoms with E-state index in [1.807, 2.05) is 0 Å². The molecule has 0 fully saturated rings. The quantitative estimate of drug-likeness (QED) is 0.830. The maximum atomic E-state index is 13.5. The van der Waals surface area contributed by atoms with Crippen LogP contribution in [0.25, 0.3) is 0 Å². The van der Waals surface area contributed by atoms with Gasteiger partial charge in [-0.15, -0.1) is 0 Å². The van der Waals surface area contributed by atoms with Crippen molar-refractivity contribution in [2.45, 2.75) is 18.9 Å². The van der Waals surface area contributed by atoms with Crippen molar-refractivity contribution in [3.63, 3.8) is 0 Å². The number of hydrogen-bond acceptors (Lipinski definition) is 2. The van der Waals surface area contributed by atoms with Gasteiger partial charge in [0.2, 0.25) is 5.91 Å². The van der Waals surface area contributed by atoms with Crippen LogP contribution in [0.4, 0.5) is 13.2 Å². The summed E-state index contributed by atoms with van der Waals surface area (Å²) in [6, 6.07) is 6.86. The van der Waals surface area contributed by atoms with Crippen LogP contribution in [0.5, 0.6) is 0 Å². The fourth-order valence-corrected chi connectivity index (χ4v) is 2.34. The van der Waals surface area contributed by atoms with Gasteiger partial charge in [-0.25, -0.2) is 13.2 Å². The van der Waals surface area contributed by atoms with Gasteiger partial charge >= 0.3 is 0 Å². The van der Waals surface area contributed by atoms with E-state index in [4.69, 9.17) is 11.6 Å². The molecule has 0 unspecified atom stereocenters. The lowest BCUT2D eigenvalue weighted by Gasteiger charge is -2.17. The van der Waals surface area contributed by atoms with E-state index in [1.165, 1.54) is 24.3 Å². The van der Waals surface area contributed by atoms with Crippen LogP contribution < -0.4 is 5.32 Å². The van der Waals surface area contributed by atoms with Crippen LogP contribution in [0.3, 0.4) is 0 Å². The van der Waals surface area contributed by atoms with Crippen LogP contribution in [0.1, 0.15) is 23.6 Å². The lowest BCUT2D eigenvalue weighted by atomic mass is 10.1. The fraction of sp³-hybridized carbons (Fsp3) is 0.235. The topological polar surface area (TPSA) is 49.3 Å². The summed E-state index contributed by atoms with van der Waals surface area (Å²) in [5, 5.41) is 11.8. The van der Waals surface area contributed by atoms with E-state index in [0.717, 1.165) is 12.1 Å². The van der Waals surface area contributed by atoms with Crippen molar-refractivity contribution in [3.05, 3.63) is 70.0 Å². The minimum absolute atomic E-state index is 0.00253. The second-order valence-electron chi connectivity index (χ2n) is 5.19.